The van der Waals surface area contributed by atoms with Crippen molar-refractivity contribution in [2.45, 2.75) is 74.7 Å². The summed E-state index contributed by atoms with van der Waals surface area (Å²) in [6.07, 6.45) is 7.74. The van der Waals surface area contributed by atoms with Crippen LogP contribution in [0, 0.1) is 23.1 Å². The molecule has 2 aliphatic heterocycles. The second kappa shape index (κ2) is 7.71. The van der Waals surface area contributed by atoms with Gasteiger partial charge >= 0.3 is 0 Å². The van der Waals surface area contributed by atoms with Gasteiger partial charge in [-0.2, -0.15) is 0 Å². The van der Waals surface area contributed by atoms with E-state index in [2.05, 4.69) is 11.0 Å². The summed E-state index contributed by atoms with van der Waals surface area (Å²) in [5, 5.41) is 11.0. The first kappa shape index (κ1) is 22.8. The van der Waals surface area contributed by atoms with Gasteiger partial charge in [0.15, 0.2) is 11.5 Å². The molecule has 196 valence electrons. The van der Waals surface area contributed by atoms with Crippen molar-refractivity contribution in [2.24, 2.45) is 17.3 Å². The van der Waals surface area contributed by atoms with E-state index in [0.29, 0.717) is 24.0 Å². The van der Waals surface area contributed by atoms with Crippen LogP contribution in [0.2, 0.25) is 0 Å². The Hall–Kier alpha value is -2.15. The van der Waals surface area contributed by atoms with Gasteiger partial charge in [-0.25, -0.2) is 4.39 Å². The molecule has 4 saturated carbocycles. The average Bonchev–Trinajstić information content (AvgIpc) is 3.65. The van der Waals surface area contributed by atoms with Crippen molar-refractivity contribution < 1.29 is 23.7 Å². The predicted molar refractivity (Wildman–Crippen MR) is 136 cm³/mol. The van der Waals surface area contributed by atoms with Crippen LogP contribution < -0.4 is 4.74 Å². The van der Waals surface area contributed by atoms with Crippen molar-refractivity contribution >= 4 is 0 Å². The van der Waals surface area contributed by atoms with Crippen LogP contribution in [0.15, 0.2) is 36.4 Å². The number of likely N-dealkylation sites (tertiary alicyclic amines) is 1. The highest BCUT2D eigenvalue weighted by molar-refractivity contribution is 5.63. The second-order valence-electron chi connectivity index (χ2n) is 12.6. The summed E-state index contributed by atoms with van der Waals surface area (Å²) >= 11 is 0. The zero-order chi connectivity index (χ0) is 25.0. The minimum Gasteiger partial charge on any atom is -0.504 e. The number of ether oxygens (including phenoxy) is 3. The van der Waals surface area contributed by atoms with Crippen LogP contribution in [0.1, 0.15) is 55.2 Å². The first-order valence-corrected chi connectivity index (χ1v) is 14.1. The van der Waals surface area contributed by atoms with Crippen LogP contribution in [-0.2, 0) is 27.9 Å². The second-order valence-corrected chi connectivity index (χ2v) is 12.6. The van der Waals surface area contributed by atoms with Gasteiger partial charge in [0, 0.05) is 47.6 Å². The molecular weight excluding hydrogens is 469 g/mol. The SMILES string of the molecule is CO[C@]12CC[C@@]3(C[C@@H]1COCc1ccccc1F)[C@H]1Cc4ccc(O)c5c4[C@@]3(CCN1CC1CC1)[C@H]2O5. The van der Waals surface area contributed by atoms with Crippen LogP contribution in [0.3, 0.4) is 0 Å². The third-order valence-electron chi connectivity index (χ3n) is 11.3. The van der Waals surface area contributed by atoms with Gasteiger partial charge in [0.25, 0.3) is 0 Å². The summed E-state index contributed by atoms with van der Waals surface area (Å²) in [5.41, 5.74) is 2.69. The van der Waals surface area contributed by atoms with E-state index in [1.54, 1.807) is 12.1 Å². The molecule has 1 N–H and O–H groups in total. The molecule has 5 fully saturated rings. The molecule has 37 heavy (non-hydrogen) atoms. The van der Waals surface area contributed by atoms with E-state index in [0.717, 1.165) is 44.6 Å². The van der Waals surface area contributed by atoms with E-state index in [9.17, 15) is 9.50 Å². The van der Waals surface area contributed by atoms with Crippen LogP contribution in [0.4, 0.5) is 4.39 Å². The normalized spacial score (nSPS) is 38.9. The molecule has 9 rings (SSSR count). The Bertz CT molecular complexity index is 1260. The van der Waals surface area contributed by atoms with Gasteiger partial charge in [-0.05, 0) is 75.1 Å². The average molecular weight is 506 g/mol. The molecule has 7 aliphatic rings. The molecular formula is C31H36FNO4. The molecule has 5 aliphatic carbocycles. The lowest BCUT2D eigenvalue weighted by Crippen LogP contribution is -2.81. The Morgan fingerprint density at radius 3 is 2.81 bits per heavy atom. The molecule has 0 aromatic heterocycles. The Balaban J connectivity index is 1.21. The summed E-state index contributed by atoms with van der Waals surface area (Å²) in [6, 6.07) is 11.3. The number of aromatic hydroxyl groups is 1. The van der Waals surface area contributed by atoms with E-state index in [1.165, 1.54) is 36.6 Å². The number of fused-ring (bicyclic) bond motifs is 2. The zero-order valence-corrected chi connectivity index (χ0v) is 21.5. The van der Waals surface area contributed by atoms with E-state index >= 15 is 0 Å². The van der Waals surface area contributed by atoms with Gasteiger partial charge in [0.2, 0.25) is 0 Å². The Morgan fingerprint density at radius 2 is 2.00 bits per heavy atom. The van der Waals surface area contributed by atoms with Crippen LogP contribution in [-0.4, -0.2) is 54.6 Å². The van der Waals surface area contributed by atoms with Gasteiger partial charge in [-0.15, -0.1) is 0 Å². The maximum absolute atomic E-state index is 14.3. The maximum Gasteiger partial charge on any atom is 0.165 e. The van der Waals surface area contributed by atoms with E-state index < -0.39 is 5.60 Å². The third kappa shape index (κ3) is 2.79. The molecule has 5 nitrogen and oxygen atoms in total. The Labute approximate surface area is 217 Å². The number of phenolic OH excluding ortho intramolecular Hbond substituents is 1. The van der Waals surface area contributed by atoms with Crippen LogP contribution in [0.5, 0.6) is 11.5 Å². The molecule has 2 spiro atoms. The molecule has 6 heteroatoms. The zero-order valence-electron chi connectivity index (χ0n) is 21.5. The fraction of sp³-hybridized carbons (Fsp3) is 0.613. The lowest BCUT2D eigenvalue weighted by molar-refractivity contribution is -0.283. The highest BCUT2D eigenvalue weighted by atomic mass is 19.1. The molecule has 1 saturated heterocycles. The highest BCUT2D eigenvalue weighted by Crippen LogP contribution is 2.76. The van der Waals surface area contributed by atoms with Gasteiger partial charge < -0.3 is 19.3 Å². The van der Waals surface area contributed by atoms with Gasteiger partial charge in [0.05, 0.1) is 13.2 Å². The molecule has 0 amide bonds. The van der Waals surface area contributed by atoms with Crippen molar-refractivity contribution in [3.05, 3.63) is 58.9 Å². The monoisotopic (exact) mass is 505 g/mol. The van der Waals surface area contributed by atoms with Crippen LogP contribution in [0.25, 0.3) is 0 Å². The number of halogens is 1. The molecule has 2 aromatic rings. The van der Waals surface area contributed by atoms with Crippen molar-refractivity contribution in [1.29, 1.82) is 0 Å². The number of hydrogen-bond acceptors (Lipinski definition) is 5. The summed E-state index contributed by atoms with van der Waals surface area (Å²) in [4.78, 5) is 2.82. The van der Waals surface area contributed by atoms with Crippen molar-refractivity contribution in [1.82, 2.24) is 4.90 Å². The number of rotatable bonds is 7. The van der Waals surface area contributed by atoms with E-state index in [1.807, 2.05) is 19.2 Å². The minimum atomic E-state index is -0.486. The molecule has 2 heterocycles. The van der Waals surface area contributed by atoms with E-state index in [-0.39, 0.29) is 41.0 Å². The lowest BCUT2D eigenvalue weighted by Gasteiger charge is -2.74. The standard InChI is InChI=1S/C31H36FNO4/c1-35-31-11-10-29(15-22(31)18-36-17-21-4-2-3-5-23(21)32)25-14-20-8-9-24(34)27-26(20)30(29,28(31)37-27)12-13-33(25)16-19-6-7-19/h2-5,8-9,19,22,25,28,34H,6-7,10-18H2,1H3/t22-,25-,28-,29-,30+,31-/m1/s1. The maximum atomic E-state index is 14.3. The number of benzene rings is 2. The first-order chi connectivity index (χ1) is 18.0. The van der Waals surface area contributed by atoms with Gasteiger partial charge in [0.1, 0.15) is 17.5 Å². The summed E-state index contributed by atoms with van der Waals surface area (Å²) in [6.45, 7) is 3.07. The topological polar surface area (TPSA) is 51.2 Å². The molecule has 6 atom stereocenters. The number of methoxy groups -OCH3 is 1. The Kier molecular flexibility index (Phi) is 4.75. The van der Waals surface area contributed by atoms with Crippen molar-refractivity contribution in [3.63, 3.8) is 0 Å². The van der Waals surface area contributed by atoms with E-state index in [4.69, 9.17) is 14.2 Å². The number of piperidine rings is 1. The largest absolute Gasteiger partial charge is 0.504 e. The summed E-state index contributed by atoms with van der Waals surface area (Å²) < 4.78 is 33.9. The minimum absolute atomic E-state index is 0.0726. The fourth-order valence-corrected chi connectivity index (χ4v) is 9.67. The number of hydrogen-bond donors (Lipinski definition) is 1. The van der Waals surface area contributed by atoms with Crippen molar-refractivity contribution in [3.8, 4) is 11.5 Å². The summed E-state index contributed by atoms with van der Waals surface area (Å²) in [5.74, 6) is 1.74. The quantitative estimate of drug-likeness (QED) is 0.576. The first-order valence-electron chi connectivity index (χ1n) is 14.1. The van der Waals surface area contributed by atoms with Crippen LogP contribution >= 0.6 is 0 Å². The van der Waals surface area contributed by atoms with Crippen molar-refractivity contribution in [2.75, 3.05) is 26.8 Å². The highest BCUT2D eigenvalue weighted by Gasteiger charge is 2.80. The third-order valence-corrected chi connectivity index (χ3v) is 11.3. The number of nitrogens with zero attached hydrogens (tertiary/aromatic N) is 1. The predicted octanol–water partition coefficient (Wildman–Crippen LogP) is 4.97. The number of phenols is 1. The smallest absolute Gasteiger partial charge is 0.165 e. The molecule has 2 aromatic carbocycles. The Morgan fingerprint density at radius 1 is 1.14 bits per heavy atom. The fourth-order valence-electron chi connectivity index (χ4n) is 9.67. The molecule has 4 bridgehead atoms. The van der Waals surface area contributed by atoms with Gasteiger partial charge in [-0.1, -0.05) is 24.3 Å². The lowest BCUT2D eigenvalue weighted by atomic mass is 9.35. The van der Waals surface area contributed by atoms with Gasteiger partial charge in [-0.3, -0.25) is 4.90 Å². The molecule has 0 radical (unpaired) electrons. The summed E-state index contributed by atoms with van der Waals surface area (Å²) in [7, 11) is 1.83. The molecule has 0 unspecified atom stereocenters.